The van der Waals surface area contributed by atoms with Gasteiger partial charge in [-0.05, 0) is 32.0 Å². The SMILES string of the molecule is Cc1cc(-c2nc3ccc(F)cn3c2N)c(C)s1. The Balaban J connectivity index is 2.30. The minimum Gasteiger partial charge on any atom is -0.383 e. The summed E-state index contributed by atoms with van der Waals surface area (Å²) in [5.74, 6) is 0.154. The van der Waals surface area contributed by atoms with Gasteiger partial charge in [-0.2, -0.15) is 0 Å². The van der Waals surface area contributed by atoms with Crippen LogP contribution in [0.3, 0.4) is 0 Å². The van der Waals surface area contributed by atoms with Gasteiger partial charge in [-0.25, -0.2) is 9.37 Å². The summed E-state index contributed by atoms with van der Waals surface area (Å²) < 4.78 is 14.8. The summed E-state index contributed by atoms with van der Waals surface area (Å²) in [5.41, 5.74) is 8.47. The van der Waals surface area contributed by atoms with Crippen LogP contribution in [0, 0.1) is 19.7 Å². The van der Waals surface area contributed by atoms with Gasteiger partial charge >= 0.3 is 0 Å². The predicted octanol–water partition coefficient (Wildman–Crippen LogP) is 3.40. The lowest BCUT2D eigenvalue weighted by molar-refractivity contribution is 0.619. The first-order valence-corrected chi connectivity index (χ1v) is 6.38. The molecule has 0 aromatic carbocycles. The van der Waals surface area contributed by atoms with Crippen molar-refractivity contribution in [1.82, 2.24) is 9.38 Å². The molecule has 0 unspecified atom stereocenters. The van der Waals surface area contributed by atoms with E-state index in [1.165, 1.54) is 22.0 Å². The maximum Gasteiger partial charge on any atom is 0.140 e. The van der Waals surface area contributed by atoms with Crippen LogP contribution in [-0.2, 0) is 0 Å². The Morgan fingerprint density at radius 2 is 2.11 bits per heavy atom. The van der Waals surface area contributed by atoms with Gasteiger partial charge in [-0.3, -0.25) is 4.40 Å². The molecule has 0 amide bonds. The third-order valence-electron chi connectivity index (χ3n) is 2.92. The van der Waals surface area contributed by atoms with Gasteiger partial charge in [0, 0.05) is 21.5 Å². The van der Waals surface area contributed by atoms with Crippen molar-refractivity contribution in [3.8, 4) is 11.3 Å². The quantitative estimate of drug-likeness (QED) is 0.729. The summed E-state index contributed by atoms with van der Waals surface area (Å²) in [6.07, 6.45) is 1.36. The molecule has 3 heterocycles. The Labute approximate surface area is 108 Å². The van der Waals surface area contributed by atoms with Crippen molar-refractivity contribution in [3.63, 3.8) is 0 Å². The largest absolute Gasteiger partial charge is 0.383 e. The highest BCUT2D eigenvalue weighted by atomic mass is 32.1. The zero-order chi connectivity index (χ0) is 12.9. The van der Waals surface area contributed by atoms with Crippen LogP contribution in [0.2, 0.25) is 0 Å². The van der Waals surface area contributed by atoms with Crippen LogP contribution in [0.15, 0.2) is 24.4 Å². The molecule has 5 heteroatoms. The summed E-state index contributed by atoms with van der Waals surface area (Å²) in [6.45, 7) is 4.09. The van der Waals surface area contributed by atoms with Gasteiger partial charge in [0.25, 0.3) is 0 Å². The van der Waals surface area contributed by atoms with Crippen LogP contribution in [-0.4, -0.2) is 9.38 Å². The molecular weight excluding hydrogens is 249 g/mol. The highest BCUT2D eigenvalue weighted by Gasteiger charge is 2.15. The molecule has 0 atom stereocenters. The number of imidazole rings is 1. The fraction of sp³-hybridized carbons (Fsp3) is 0.154. The molecule has 3 rings (SSSR count). The molecule has 0 aliphatic rings. The van der Waals surface area contributed by atoms with E-state index in [-0.39, 0.29) is 5.82 Å². The molecule has 3 nitrogen and oxygen atoms in total. The smallest absolute Gasteiger partial charge is 0.140 e. The Morgan fingerprint density at radius 3 is 2.78 bits per heavy atom. The van der Waals surface area contributed by atoms with Gasteiger partial charge in [-0.15, -0.1) is 11.3 Å². The van der Waals surface area contributed by atoms with E-state index < -0.39 is 0 Å². The number of nitrogens with two attached hydrogens (primary N) is 1. The zero-order valence-corrected chi connectivity index (χ0v) is 10.9. The van der Waals surface area contributed by atoms with Crippen LogP contribution < -0.4 is 5.73 Å². The predicted molar refractivity (Wildman–Crippen MR) is 72.3 cm³/mol. The van der Waals surface area contributed by atoms with E-state index in [4.69, 9.17) is 5.73 Å². The number of pyridine rings is 1. The minimum atomic E-state index is -0.323. The normalized spacial score (nSPS) is 11.3. The first kappa shape index (κ1) is 11.2. The van der Waals surface area contributed by atoms with Gasteiger partial charge in [0.2, 0.25) is 0 Å². The topological polar surface area (TPSA) is 43.3 Å². The van der Waals surface area contributed by atoms with Crippen molar-refractivity contribution in [2.45, 2.75) is 13.8 Å². The number of fused-ring (bicyclic) bond motifs is 1. The molecule has 0 saturated carbocycles. The second-order valence-corrected chi connectivity index (χ2v) is 5.71. The third kappa shape index (κ3) is 1.59. The van der Waals surface area contributed by atoms with E-state index in [0.29, 0.717) is 11.5 Å². The van der Waals surface area contributed by atoms with Gasteiger partial charge in [0.1, 0.15) is 23.0 Å². The Bertz CT molecular complexity index is 742. The molecule has 3 aromatic rings. The average Bonchev–Trinajstić information content (AvgIpc) is 2.80. The fourth-order valence-electron chi connectivity index (χ4n) is 2.10. The number of hydrogen-bond donors (Lipinski definition) is 1. The number of nitrogens with zero attached hydrogens (tertiary/aromatic N) is 2. The molecule has 92 valence electrons. The van der Waals surface area contributed by atoms with E-state index >= 15 is 0 Å². The van der Waals surface area contributed by atoms with Gasteiger partial charge in [0.05, 0.1) is 0 Å². The van der Waals surface area contributed by atoms with Crippen LogP contribution in [0.25, 0.3) is 16.9 Å². The number of thiophene rings is 1. The Morgan fingerprint density at radius 1 is 1.33 bits per heavy atom. The summed E-state index contributed by atoms with van der Waals surface area (Å²) in [6, 6.07) is 5.08. The second kappa shape index (κ2) is 3.81. The zero-order valence-electron chi connectivity index (χ0n) is 10.1. The molecule has 0 fully saturated rings. The van der Waals surface area contributed by atoms with E-state index in [2.05, 4.69) is 11.1 Å². The minimum absolute atomic E-state index is 0.323. The van der Waals surface area contributed by atoms with Crippen molar-refractivity contribution in [2.75, 3.05) is 5.73 Å². The lowest BCUT2D eigenvalue weighted by atomic mass is 10.2. The molecule has 0 bridgehead atoms. The average molecular weight is 261 g/mol. The van der Waals surface area contributed by atoms with Crippen LogP contribution in [0.1, 0.15) is 9.75 Å². The lowest BCUT2D eigenvalue weighted by Gasteiger charge is -1.98. The number of aromatic nitrogens is 2. The number of hydrogen-bond acceptors (Lipinski definition) is 3. The maximum absolute atomic E-state index is 13.2. The van der Waals surface area contributed by atoms with E-state index in [1.807, 2.05) is 13.8 Å². The summed E-state index contributed by atoms with van der Waals surface area (Å²) >= 11 is 1.71. The molecule has 18 heavy (non-hydrogen) atoms. The summed E-state index contributed by atoms with van der Waals surface area (Å²) in [5, 5.41) is 0. The van der Waals surface area contributed by atoms with Crippen molar-refractivity contribution in [3.05, 3.63) is 40.0 Å². The maximum atomic E-state index is 13.2. The highest BCUT2D eigenvalue weighted by Crippen LogP contribution is 2.33. The Hall–Kier alpha value is -1.88. The number of aryl methyl sites for hydroxylation is 2. The van der Waals surface area contributed by atoms with Crippen LogP contribution in [0.5, 0.6) is 0 Å². The van der Waals surface area contributed by atoms with E-state index in [0.717, 1.165) is 11.3 Å². The standard InChI is InChI=1S/C13H12FN3S/c1-7-5-10(8(2)18-7)12-13(15)17-6-9(14)3-4-11(17)16-12/h3-6H,15H2,1-2H3. The summed E-state index contributed by atoms with van der Waals surface area (Å²) in [7, 11) is 0. The lowest BCUT2D eigenvalue weighted by Crippen LogP contribution is -1.94. The number of nitrogen functional groups attached to an aromatic ring is 1. The summed E-state index contributed by atoms with van der Waals surface area (Å²) in [4.78, 5) is 6.86. The molecule has 2 N–H and O–H groups in total. The number of anilines is 1. The first-order valence-electron chi connectivity index (χ1n) is 5.57. The monoisotopic (exact) mass is 261 g/mol. The van der Waals surface area contributed by atoms with Crippen molar-refractivity contribution in [2.24, 2.45) is 0 Å². The van der Waals surface area contributed by atoms with E-state index in [1.54, 1.807) is 21.8 Å². The van der Waals surface area contributed by atoms with Gasteiger partial charge < -0.3 is 5.73 Å². The molecule has 0 aliphatic carbocycles. The Kier molecular flexibility index (Phi) is 2.38. The second-order valence-electron chi connectivity index (χ2n) is 4.25. The molecular formula is C13H12FN3S. The van der Waals surface area contributed by atoms with E-state index in [9.17, 15) is 4.39 Å². The molecule has 0 aliphatic heterocycles. The van der Waals surface area contributed by atoms with Crippen LogP contribution >= 0.6 is 11.3 Å². The number of halogens is 1. The fourth-order valence-corrected chi connectivity index (χ4v) is 3.03. The molecule has 3 aromatic heterocycles. The van der Waals surface area contributed by atoms with Gasteiger partial charge in [-0.1, -0.05) is 0 Å². The van der Waals surface area contributed by atoms with Gasteiger partial charge in [0.15, 0.2) is 0 Å². The molecule has 0 saturated heterocycles. The molecule has 0 spiro atoms. The highest BCUT2D eigenvalue weighted by molar-refractivity contribution is 7.12. The van der Waals surface area contributed by atoms with Crippen LogP contribution in [0.4, 0.5) is 10.2 Å². The first-order chi connectivity index (χ1) is 8.56. The van der Waals surface area contributed by atoms with Crippen molar-refractivity contribution < 1.29 is 4.39 Å². The number of rotatable bonds is 1. The molecule has 0 radical (unpaired) electrons. The van der Waals surface area contributed by atoms with Crippen molar-refractivity contribution in [1.29, 1.82) is 0 Å². The third-order valence-corrected chi connectivity index (χ3v) is 3.88. The van der Waals surface area contributed by atoms with Crippen molar-refractivity contribution >= 4 is 22.8 Å².